The number of carbonyl (C=O) groups is 1. The number of rotatable bonds is 7. The van der Waals surface area contributed by atoms with Crippen LogP contribution in [0.2, 0.25) is 5.04 Å². The molecule has 0 heterocycles. The fourth-order valence-electron chi connectivity index (χ4n) is 3.16. The lowest BCUT2D eigenvalue weighted by molar-refractivity contribution is -0.105. The van der Waals surface area contributed by atoms with Crippen molar-refractivity contribution >= 4 is 25.0 Å². The van der Waals surface area contributed by atoms with Gasteiger partial charge in [-0.05, 0) is 27.4 Å². The van der Waals surface area contributed by atoms with E-state index in [4.69, 9.17) is 4.43 Å². The third-order valence-corrected chi connectivity index (χ3v) is 9.37. The predicted molar refractivity (Wildman–Crippen MR) is 103 cm³/mol. The first-order valence-electron chi connectivity index (χ1n) is 8.30. The van der Waals surface area contributed by atoms with Crippen LogP contribution in [0.25, 0.3) is 0 Å². The number of hydrogen-bond acceptors (Lipinski definition) is 2. The molecule has 2 nitrogen and oxygen atoms in total. The van der Waals surface area contributed by atoms with Gasteiger partial charge in [0.15, 0.2) is 0 Å². The molecule has 24 heavy (non-hydrogen) atoms. The van der Waals surface area contributed by atoms with Gasteiger partial charge < -0.3 is 4.43 Å². The van der Waals surface area contributed by atoms with Gasteiger partial charge in [0.05, 0.1) is 0 Å². The summed E-state index contributed by atoms with van der Waals surface area (Å²) in [6.07, 6.45) is 1.38. The van der Waals surface area contributed by atoms with Crippen LogP contribution in [-0.2, 0) is 9.22 Å². The van der Waals surface area contributed by atoms with Crippen LogP contribution in [0.5, 0.6) is 0 Å². The molecule has 0 atom stereocenters. The van der Waals surface area contributed by atoms with Crippen molar-refractivity contribution in [3.05, 3.63) is 72.8 Å². The molecular weight excluding hydrogens is 312 g/mol. The van der Waals surface area contributed by atoms with Gasteiger partial charge >= 0.3 is 0 Å². The zero-order chi connectivity index (χ0) is 17.6. The van der Waals surface area contributed by atoms with E-state index in [0.29, 0.717) is 18.6 Å². The van der Waals surface area contributed by atoms with Crippen molar-refractivity contribution in [1.29, 1.82) is 0 Å². The molecule has 2 aromatic carbocycles. The van der Waals surface area contributed by atoms with E-state index < -0.39 is 8.32 Å². The number of aldehydes is 1. The molecule has 0 N–H and O–H groups in total. The molecule has 0 bridgehead atoms. The Kier molecular flexibility index (Phi) is 5.92. The SMILES string of the molecule is C=C(C=O)CCO[Si](c1ccccc1)(c1ccccc1)C(C)(C)C. The van der Waals surface area contributed by atoms with Gasteiger partial charge in [-0.15, -0.1) is 0 Å². The van der Waals surface area contributed by atoms with Crippen LogP contribution in [0.15, 0.2) is 72.8 Å². The zero-order valence-corrected chi connectivity index (χ0v) is 15.8. The van der Waals surface area contributed by atoms with E-state index in [2.05, 4.69) is 75.9 Å². The maximum Gasteiger partial charge on any atom is 0.261 e. The standard InChI is InChI=1S/C21H26O2Si/c1-18(17-22)15-16-23-24(21(2,3)4,19-11-7-5-8-12-19)20-13-9-6-10-14-20/h5-14,17H,1,15-16H2,2-4H3. The highest BCUT2D eigenvalue weighted by Crippen LogP contribution is 2.36. The van der Waals surface area contributed by atoms with Crippen LogP contribution in [-0.4, -0.2) is 21.2 Å². The fourth-order valence-corrected chi connectivity index (χ4v) is 7.72. The minimum atomic E-state index is -2.49. The highest BCUT2D eigenvalue weighted by molar-refractivity contribution is 6.99. The average molecular weight is 339 g/mol. The first kappa shape index (κ1) is 18.4. The Labute approximate surface area is 146 Å². The smallest absolute Gasteiger partial charge is 0.261 e. The average Bonchev–Trinajstić information content (AvgIpc) is 2.59. The lowest BCUT2D eigenvalue weighted by Gasteiger charge is -2.43. The molecule has 2 rings (SSSR count). The van der Waals surface area contributed by atoms with Crippen LogP contribution in [0.3, 0.4) is 0 Å². The Bertz CT molecular complexity index is 632. The second-order valence-electron chi connectivity index (χ2n) is 7.04. The summed E-state index contributed by atoms with van der Waals surface area (Å²) < 4.78 is 6.66. The van der Waals surface area contributed by atoms with E-state index in [9.17, 15) is 4.79 Å². The van der Waals surface area contributed by atoms with Gasteiger partial charge in [-0.1, -0.05) is 88.0 Å². The molecule has 0 aliphatic rings. The molecule has 0 unspecified atom stereocenters. The Morgan fingerprint density at radius 1 is 1.00 bits per heavy atom. The largest absolute Gasteiger partial charge is 0.407 e. The lowest BCUT2D eigenvalue weighted by Crippen LogP contribution is -2.66. The lowest BCUT2D eigenvalue weighted by atomic mass is 10.2. The van der Waals surface area contributed by atoms with Crippen LogP contribution in [0.1, 0.15) is 27.2 Å². The second kappa shape index (κ2) is 7.73. The monoisotopic (exact) mass is 338 g/mol. The van der Waals surface area contributed by atoms with Gasteiger partial charge in [-0.25, -0.2) is 0 Å². The summed E-state index contributed by atoms with van der Waals surface area (Å²) in [5, 5.41) is 2.46. The fraction of sp³-hybridized carbons (Fsp3) is 0.286. The third-order valence-electron chi connectivity index (χ3n) is 4.33. The summed E-state index contributed by atoms with van der Waals surface area (Å²) >= 11 is 0. The zero-order valence-electron chi connectivity index (χ0n) is 14.8. The molecule has 0 aliphatic carbocycles. The van der Waals surface area contributed by atoms with E-state index in [-0.39, 0.29) is 5.04 Å². The summed E-state index contributed by atoms with van der Waals surface area (Å²) in [6, 6.07) is 21.0. The predicted octanol–water partition coefficient (Wildman–Crippen LogP) is 3.71. The van der Waals surface area contributed by atoms with Crippen molar-refractivity contribution < 1.29 is 9.22 Å². The summed E-state index contributed by atoms with van der Waals surface area (Å²) in [6.45, 7) is 11.0. The van der Waals surface area contributed by atoms with Crippen molar-refractivity contribution in [3.63, 3.8) is 0 Å². The molecule has 0 saturated carbocycles. The summed E-state index contributed by atoms with van der Waals surface area (Å²) in [5.41, 5.74) is 0.577. The molecule has 0 aromatic heterocycles. The van der Waals surface area contributed by atoms with Crippen LogP contribution < -0.4 is 10.4 Å². The molecule has 0 aliphatic heterocycles. The molecular formula is C21H26O2Si. The Morgan fingerprint density at radius 2 is 1.46 bits per heavy atom. The molecule has 0 spiro atoms. The van der Waals surface area contributed by atoms with Gasteiger partial charge in [0, 0.05) is 6.61 Å². The second-order valence-corrected chi connectivity index (χ2v) is 11.3. The van der Waals surface area contributed by atoms with Gasteiger partial charge in [-0.3, -0.25) is 4.79 Å². The summed E-state index contributed by atoms with van der Waals surface area (Å²) in [5.74, 6) is 0. The first-order valence-corrected chi connectivity index (χ1v) is 10.2. The minimum absolute atomic E-state index is 0.0434. The highest BCUT2D eigenvalue weighted by Gasteiger charge is 2.49. The van der Waals surface area contributed by atoms with Crippen LogP contribution in [0.4, 0.5) is 0 Å². The van der Waals surface area contributed by atoms with Crippen molar-refractivity contribution in [1.82, 2.24) is 0 Å². The van der Waals surface area contributed by atoms with Crippen molar-refractivity contribution in [2.45, 2.75) is 32.2 Å². The van der Waals surface area contributed by atoms with Gasteiger partial charge in [-0.2, -0.15) is 0 Å². The maximum atomic E-state index is 10.9. The summed E-state index contributed by atoms with van der Waals surface area (Å²) in [4.78, 5) is 10.9. The van der Waals surface area contributed by atoms with Crippen molar-refractivity contribution in [3.8, 4) is 0 Å². The minimum Gasteiger partial charge on any atom is -0.407 e. The van der Waals surface area contributed by atoms with Gasteiger partial charge in [0.25, 0.3) is 8.32 Å². The number of benzene rings is 2. The van der Waals surface area contributed by atoms with E-state index >= 15 is 0 Å². The Balaban J connectivity index is 2.53. The number of carbonyl (C=O) groups excluding carboxylic acids is 1. The molecule has 126 valence electrons. The van der Waals surface area contributed by atoms with Gasteiger partial charge in [0.2, 0.25) is 0 Å². The van der Waals surface area contributed by atoms with Crippen LogP contribution >= 0.6 is 0 Å². The van der Waals surface area contributed by atoms with E-state index in [0.717, 1.165) is 6.29 Å². The Hall–Kier alpha value is -1.97. The normalized spacial score (nSPS) is 12.0. The third kappa shape index (κ3) is 3.74. The summed E-state index contributed by atoms with van der Waals surface area (Å²) in [7, 11) is -2.49. The van der Waals surface area contributed by atoms with E-state index in [1.54, 1.807) is 0 Å². The quantitative estimate of drug-likeness (QED) is 0.437. The highest BCUT2D eigenvalue weighted by atomic mass is 28.4. The number of hydrogen-bond donors (Lipinski definition) is 0. The van der Waals surface area contributed by atoms with Crippen molar-refractivity contribution in [2.24, 2.45) is 0 Å². The molecule has 0 radical (unpaired) electrons. The van der Waals surface area contributed by atoms with Crippen molar-refractivity contribution in [2.75, 3.05) is 6.61 Å². The van der Waals surface area contributed by atoms with Gasteiger partial charge in [0.1, 0.15) is 6.29 Å². The van der Waals surface area contributed by atoms with E-state index in [1.165, 1.54) is 10.4 Å². The molecule has 2 aromatic rings. The van der Waals surface area contributed by atoms with Crippen LogP contribution in [0, 0.1) is 0 Å². The van der Waals surface area contributed by atoms with E-state index in [1.807, 2.05) is 12.1 Å². The Morgan fingerprint density at radius 3 is 1.83 bits per heavy atom. The molecule has 3 heteroatoms. The molecule has 0 saturated heterocycles. The maximum absolute atomic E-state index is 10.9. The molecule has 0 amide bonds. The topological polar surface area (TPSA) is 26.3 Å². The molecule has 0 fully saturated rings. The first-order chi connectivity index (χ1) is 11.4.